The normalized spacial score (nSPS) is 11.0. The van der Waals surface area contributed by atoms with Crippen molar-refractivity contribution in [1.29, 1.82) is 0 Å². The van der Waals surface area contributed by atoms with Crippen molar-refractivity contribution < 1.29 is 9.18 Å². The fourth-order valence-electron chi connectivity index (χ4n) is 2.07. The van der Waals surface area contributed by atoms with Gasteiger partial charge < -0.3 is 9.97 Å². The number of ketones is 1. The van der Waals surface area contributed by atoms with Crippen molar-refractivity contribution in [3.63, 3.8) is 0 Å². The van der Waals surface area contributed by atoms with Crippen LogP contribution in [0.3, 0.4) is 0 Å². The molecule has 0 spiro atoms. The van der Waals surface area contributed by atoms with Gasteiger partial charge in [0.2, 0.25) is 0 Å². The van der Waals surface area contributed by atoms with E-state index in [9.17, 15) is 14.0 Å². The molecule has 0 aliphatic heterocycles. The van der Waals surface area contributed by atoms with Crippen molar-refractivity contribution >= 4 is 48.7 Å². The third kappa shape index (κ3) is 2.71. The lowest BCUT2D eigenvalue weighted by molar-refractivity contribution is 0.103. The van der Waals surface area contributed by atoms with E-state index in [0.717, 1.165) is 0 Å². The van der Waals surface area contributed by atoms with E-state index < -0.39 is 5.82 Å². The van der Waals surface area contributed by atoms with E-state index >= 15 is 0 Å². The zero-order valence-corrected chi connectivity index (χ0v) is 13.5. The van der Waals surface area contributed by atoms with Crippen LogP contribution in [0.25, 0.3) is 11.0 Å². The molecule has 0 aliphatic carbocycles. The number of carbonyl (C=O) groups is 1. The van der Waals surface area contributed by atoms with Crippen LogP contribution >= 0.6 is 31.9 Å². The van der Waals surface area contributed by atoms with Gasteiger partial charge in [-0.3, -0.25) is 4.79 Å². The maximum Gasteiger partial charge on any atom is 0.323 e. The zero-order valence-electron chi connectivity index (χ0n) is 10.3. The number of nitrogens with one attached hydrogen (secondary N) is 2. The fourth-order valence-corrected chi connectivity index (χ4v) is 3.06. The van der Waals surface area contributed by atoms with Crippen LogP contribution in [0.5, 0.6) is 0 Å². The number of rotatable bonds is 2. The van der Waals surface area contributed by atoms with Crippen molar-refractivity contribution in [3.8, 4) is 0 Å². The van der Waals surface area contributed by atoms with Crippen molar-refractivity contribution in [3.05, 3.63) is 66.7 Å². The predicted molar refractivity (Wildman–Crippen MR) is 84.2 cm³/mol. The summed E-state index contributed by atoms with van der Waals surface area (Å²) in [5.41, 5.74) is 1.32. The number of halogens is 3. The average molecular weight is 414 g/mol. The van der Waals surface area contributed by atoms with Crippen molar-refractivity contribution in [1.82, 2.24) is 9.97 Å². The SMILES string of the molecule is O=C(c1cc(F)cc(Br)c1)c1cc2[nH]c(=O)[nH]c2cc1Br. The molecule has 0 unspecified atom stereocenters. The van der Waals surface area contributed by atoms with Gasteiger partial charge >= 0.3 is 5.69 Å². The molecule has 21 heavy (non-hydrogen) atoms. The number of H-pyrrole nitrogens is 2. The summed E-state index contributed by atoms with van der Waals surface area (Å²) in [6.07, 6.45) is 0. The first-order valence-electron chi connectivity index (χ1n) is 5.86. The molecule has 2 N–H and O–H groups in total. The lowest BCUT2D eigenvalue weighted by Gasteiger charge is -2.05. The summed E-state index contributed by atoms with van der Waals surface area (Å²) < 4.78 is 14.4. The summed E-state index contributed by atoms with van der Waals surface area (Å²) in [5.74, 6) is -0.842. The molecule has 0 amide bonds. The molecule has 4 nitrogen and oxygen atoms in total. The molecule has 0 aliphatic rings. The molecular formula is C14H7Br2FN2O2. The largest absolute Gasteiger partial charge is 0.323 e. The number of aromatic amines is 2. The van der Waals surface area contributed by atoms with Gasteiger partial charge in [0, 0.05) is 20.1 Å². The number of hydrogen-bond acceptors (Lipinski definition) is 2. The number of benzene rings is 2. The van der Waals surface area contributed by atoms with E-state index in [1.807, 2.05) is 0 Å². The van der Waals surface area contributed by atoms with E-state index in [1.165, 1.54) is 12.1 Å². The summed E-state index contributed by atoms with van der Waals surface area (Å²) in [5, 5.41) is 0. The first kappa shape index (κ1) is 14.2. The molecule has 0 radical (unpaired) electrons. The average Bonchev–Trinajstić information content (AvgIpc) is 2.75. The molecule has 1 heterocycles. The Morgan fingerprint density at radius 3 is 2.33 bits per heavy atom. The van der Waals surface area contributed by atoms with Crippen molar-refractivity contribution in [2.75, 3.05) is 0 Å². The summed E-state index contributed by atoms with van der Waals surface area (Å²) in [6.45, 7) is 0. The Balaban J connectivity index is 2.16. The number of aromatic nitrogens is 2. The van der Waals surface area contributed by atoms with Crippen molar-refractivity contribution in [2.24, 2.45) is 0 Å². The molecule has 0 atom stereocenters. The van der Waals surface area contributed by atoms with Crippen LogP contribution in [-0.4, -0.2) is 15.8 Å². The summed E-state index contributed by atoms with van der Waals surface area (Å²) >= 11 is 6.46. The van der Waals surface area contributed by atoms with E-state index in [-0.39, 0.29) is 17.0 Å². The van der Waals surface area contributed by atoms with Gasteiger partial charge in [-0.1, -0.05) is 15.9 Å². The highest BCUT2D eigenvalue weighted by Gasteiger charge is 2.16. The van der Waals surface area contributed by atoms with Crippen LogP contribution in [0.1, 0.15) is 15.9 Å². The molecule has 106 valence electrons. The van der Waals surface area contributed by atoms with E-state index in [4.69, 9.17) is 0 Å². The second kappa shape index (κ2) is 5.23. The Morgan fingerprint density at radius 2 is 1.67 bits per heavy atom. The lowest BCUT2D eigenvalue weighted by atomic mass is 10.0. The molecule has 0 fully saturated rings. The second-order valence-corrected chi connectivity index (χ2v) is 6.21. The molecule has 7 heteroatoms. The van der Waals surface area contributed by atoms with Gasteiger partial charge in [-0.05, 0) is 46.3 Å². The Hall–Kier alpha value is -1.73. The minimum Gasteiger partial charge on any atom is -0.306 e. The van der Waals surface area contributed by atoms with Crippen LogP contribution in [-0.2, 0) is 0 Å². The van der Waals surface area contributed by atoms with Crippen LogP contribution < -0.4 is 5.69 Å². The molecule has 0 saturated carbocycles. The summed E-state index contributed by atoms with van der Waals surface area (Å²) in [4.78, 5) is 29.0. The third-order valence-corrected chi connectivity index (χ3v) is 4.09. The fraction of sp³-hybridized carbons (Fsp3) is 0. The maximum absolute atomic E-state index is 13.4. The molecular weight excluding hydrogens is 407 g/mol. The van der Waals surface area contributed by atoms with E-state index in [1.54, 1.807) is 18.2 Å². The second-order valence-electron chi connectivity index (χ2n) is 4.44. The highest BCUT2D eigenvalue weighted by molar-refractivity contribution is 9.10. The Labute approximate surface area is 134 Å². The minimum absolute atomic E-state index is 0.222. The van der Waals surface area contributed by atoms with Gasteiger partial charge in [-0.25, -0.2) is 9.18 Å². The smallest absolute Gasteiger partial charge is 0.306 e. The molecule has 0 saturated heterocycles. The zero-order chi connectivity index (χ0) is 15.1. The first-order chi connectivity index (χ1) is 9.94. The van der Waals surface area contributed by atoms with Crippen LogP contribution in [0, 0.1) is 5.82 Å². The molecule has 2 aromatic carbocycles. The Morgan fingerprint density at radius 1 is 1.00 bits per heavy atom. The number of imidazole rings is 1. The van der Waals surface area contributed by atoms with Crippen LogP contribution in [0.4, 0.5) is 4.39 Å². The monoisotopic (exact) mass is 412 g/mol. The summed E-state index contributed by atoms with van der Waals surface area (Å²) in [7, 11) is 0. The molecule has 0 bridgehead atoms. The lowest BCUT2D eigenvalue weighted by Crippen LogP contribution is -2.03. The predicted octanol–water partition coefficient (Wildman–Crippen LogP) is 3.75. The quantitative estimate of drug-likeness (QED) is 0.628. The molecule has 1 aromatic heterocycles. The van der Waals surface area contributed by atoms with E-state index in [2.05, 4.69) is 41.8 Å². The topological polar surface area (TPSA) is 65.7 Å². The van der Waals surface area contributed by atoms with Gasteiger partial charge in [0.1, 0.15) is 5.82 Å². The first-order valence-corrected chi connectivity index (χ1v) is 7.45. The maximum atomic E-state index is 13.4. The standard InChI is InChI=1S/C14H7Br2FN2O2/c15-7-1-6(2-8(17)3-7)13(20)9-4-11-12(5-10(9)16)19-14(21)18-11/h1-5H,(H2,18,19,21). The van der Waals surface area contributed by atoms with Crippen LogP contribution in [0.15, 0.2) is 44.1 Å². The highest BCUT2D eigenvalue weighted by Crippen LogP contribution is 2.25. The number of carbonyl (C=O) groups excluding carboxylic acids is 1. The van der Waals surface area contributed by atoms with Gasteiger partial charge in [-0.15, -0.1) is 0 Å². The van der Waals surface area contributed by atoms with E-state index in [0.29, 0.717) is 25.5 Å². The minimum atomic E-state index is -0.500. The number of fused-ring (bicyclic) bond motifs is 1. The Bertz CT molecular complexity index is 910. The van der Waals surface area contributed by atoms with Gasteiger partial charge in [0.25, 0.3) is 0 Å². The van der Waals surface area contributed by atoms with Gasteiger partial charge in [0.15, 0.2) is 5.78 Å². The number of hydrogen-bond donors (Lipinski definition) is 2. The highest BCUT2D eigenvalue weighted by atomic mass is 79.9. The third-order valence-electron chi connectivity index (χ3n) is 2.97. The molecule has 3 aromatic rings. The molecule has 3 rings (SSSR count). The van der Waals surface area contributed by atoms with Crippen LogP contribution in [0.2, 0.25) is 0 Å². The van der Waals surface area contributed by atoms with Crippen molar-refractivity contribution in [2.45, 2.75) is 0 Å². The Kier molecular flexibility index (Phi) is 3.54. The van der Waals surface area contributed by atoms with Gasteiger partial charge in [-0.2, -0.15) is 0 Å². The van der Waals surface area contributed by atoms with Gasteiger partial charge in [0.05, 0.1) is 11.0 Å². The summed E-state index contributed by atoms with van der Waals surface area (Å²) in [6, 6.07) is 7.18.